The van der Waals surface area contributed by atoms with Crippen LogP contribution < -0.4 is 0 Å². The zero-order valence-corrected chi connectivity index (χ0v) is 19.0. The molecule has 6 atom stereocenters. The van der Waals surface area contributed by atoms with Crippen LogP contribution in [0.25, 0.3) is 0 Å². The summed E-state index contributed by atoms with van der Waals surface area (Å²) in [7, 11) is 0. The number of carbonyl (C=O) groups excluding carboxylic acids is 2. The van der Waals surface area contributed by atoms with E-state index in [9.17, 15) is 9.59 Å². The molecule has 0 aromatic rings. The normalized spacial score (nSPS) is 45.9. The largest absolute Gasteiger partial charge is 0.339 e. The predicted molar refractivity (Wildman–Crippen MR) is 116 cm³/mol. The third-order valence-electron chi connectivity index (χ3n) is 10.3. The van der Waals surface area contributed by atoms with Crippen molar-refractivity contribution >= 4 is 11.8 Å². The van der Waals surface area contributed by atoms with E-state index in [4.69, 9.17) is 0 Å². The number of amides is 2. The highest BCUT2D eigenvalue weighted by Gasteiger charge is 2.48. The summed E-state index contributed by atoms with van der Waals surface area (Å²) in [5.74, 6) is 4.98. The van der Waals surface area contributed by atoms with Crippen molar-refractivity contribution in [1.82, 2.24) is 9.80 Å². The van der Waals surface area contributed by atoms with Gasteiger partial charge in [-0.25, -0.2) is 0 Å². The van der Waals surface area contributed by atoms with Crippen LogP contribution in [-0.4, -0.2) is 46.8 Å². The Balaban J connectivity index is 1.17. The summed E-state index contributed by atoms with van der Waals surface area (Å²) in [5, 5.41) is 0. The van der Waals surface area contributed by atoms with Crippen LogP contribution in [0.1, 0.15) is 78.1 Å². The molecular formula is C26H40N2O2. The van der Waals surface area contributed by atoms with E-state index in [0.717, 1.165) is 36.8 Å². The van der Waals surface area contributed by atoms with E-state index in [1.54, 1.807) is 0 Å². The summed E-state index contributed by atoms with van der Waals surface area (Å²) in [6.07, 6.45) is 13.0. The quantitative estimate of drug-likeness (QED) is 0.692. The van der Waals surface area contributed by atoms with Gasteiger partial charge in [0.1, 0.15) is 0 Å². The van der Waals surface area contributed by atoms with Crippen molar-refractivity contribution in [3.8, 4) is 0 Å². The smallest absolute Gasteiger partial charge is 0.226 e. The Kier molecular flexibility index (Phi) is 4.73. The van der Waals surface area contributed by atoms with Gasteiger partial charge in [0, 0.05) is 37.0 Å². The molecule has 2 amide bonds. The first kappa shape index (κ1) is 19.6. The summed E-state index contributed by atoms with van der Waals surface area (Å²) >= 11 is 0. The van der Waals surface area contributed by atoms with Crippen molar-refractivity contribution in [2.45, 2.75) is 90.1 Å². The predicted octanol–water partition coefficient (Wildman–Crippen LogP) is 4.33. The number of rotatable bonds is 3. The SMILES string of the molecule is CC(C(=O)N1CC2CC3CC(C2)CC1C3)C(C)C(=O)N1CC2CC3CC(C2)CC1C3. The molecule has 166 valence electrons. The summed E-state index contributed by atoms with van der Waals surface area (Å²) < 4.78 is 0. The van der Waals surface area contributed by atoms with Crippen molar-refractivity contribution < 1.29 is 9.59 Å². The number of hydrogen-bond acceptors (Lipinski definition) is 2. The molecule has 0 aromatic carbocycles. The fraction of sp³-hybridized carbons (Fsp3) is 0.923. The van der Waals surface area contributed by atoms with E-state index in [0.29, 0.717) is 23.9 Å². The molecule has 4 heterocycles. The number of hydrogen-bond donors (Lipinski definition) is 0. The van der Waals surface area contributed by atoms with Gasteiger partial charge in [-0.1, -0.05) is 13.8 Å². The minimum atomic E-state index is -0.189. The lowest BCUT2D eigenvalue weighted by Gasteiger charge is -2.40. The maximum atomic E-state index is 13.7. The lowest BCUT2D eigenvalue weighted by Crippen LogP contribution is -2.50. The Morgan fingerprint density at radius 3 is 1.17 bits per heavy atom. The number of nitrogens with zero attached hydrogens (tertiary/aromatic N) is 2. The van der Waals surface area contributed by atoms with Crippen molar-refractivity contribution in [2.24, 2.45) is 47.3 Å². The van der Waals surface area contributed by atoms with Gasteiger partial charge in [0.25, 0.3) is 0 Å². The molecule has 30 heavy (non-hydrogen) atoms. The van der Waals surface area contributed by atoms with Gasteiger partial charge in [0.15, 0.2) is 0 Å². The molecule has 8 bridgehead atoms. The van der Waals surface area contributed by atoms with Crippen molar-refractivity contribution in [3.63, 3.8) is 0 Å². The molecule has 4 saturated carbocycles. The topological polar surface area (TPSA) is 40.6 Å². The standard InChI is InChI=1S/C26H40N2O2/c1-15(25(29)27-13-21-5-17-3-18(6-21)10-23(27)9-17)16(2)26(30)28-14-22-7-19-4-20(8-22)12-24(28)11-19/h15-24H,3-14H2,1-2H3. The zero-order chi connectivity index (χ0) is 20.6. The lowest BCUT2D eigenvalue weighted by atomic mass is 9.68. The minimum absolute atomic E-state index is 0.189. The molecule has 4 aliphatic heterocycles. The Hall–Kier alpha value is -1.06. The second kappa shape index (κ2) is 7.24. The van der Waals surface area contributed by atoms with E-state index in [1.807, 2.05) is 13.8 Å². The highest BCUT2D eigenvalue weighted by molar-refractivity contribution is 5.87. The van der Waals surface area contributed by atoms with E-state index < -0.39 is 0 Å². The molecule has 0 spiro atoms. The fourth-order valence-corrected chi connectivity index (χ4v) is 9.06. The van der Waals surface area contributed by atoms with Crippen LogP contribution in [0.4, 0.5) is 0 Å². The average molecular weight is 413 g/mol. The second-order valence-electron chi connectivity index (χ2n) is 12.4. The van der Waals surface area contributed by atoms with Crippen molar-refractivity contribution in [2.75, 3.05) is 13.1 Å². The Bertz CT molecular complexity index is 634. The van der Waals surface area contributed by atoms with E-state index >= 15 is 0 Å². The van der Waals surface area contributed by atoms with Crippen molar-refractivity contribution in [1.29, 1.82) is 0 Å². The molecule has 4 saturated heterocycles. The molecule has 4 heteroatoms. The maximum absolute atomic E-state index is 13.7. The van der Waals surface area contributed by atoms with Crippen LogP contribution in [0.15, 0.2) is 0 Å². The van der Waals surface area contributed by atoms with Crippen LogP contribution >= 0.6 is 0 Å². The summed E-state index contributed by atoms with van der Waals surface area (Å²) in [6, 6.07) is 0.894. The Morgan fingerprint density at radius 2 is 0.833 bits per heavy atom. The van der Waals surface area contributed by atoms with E-state index in [2.05, 4.69) is 9.80 Å². The summed E-state index contributed by atoms with van der Waals surface area (Å²) in [4.78, 5) is 31.8. The van der Waals surface area contributed by atoms with Gasteiger partial charge in [-0.2, -0.15) is 0 Å². The summed E-state index contributed by atoms with van der Waals surface area (Å²) in [5.41, 5.74) is 0. The van der Waals surface area contributed by atoms with Crippen LogP contribution in [0.3, 0.4) is 0 Å². The first-order chi connectivity index (χ1) is 14.4. The molecule has 8 rings (SSSR count). The van der Waals surface area contributed by atoms with E-state index in [-0.39, 0.29) is 23.7 Å². The first-order valence-electron chi connectivity index (χ1n) is 13.1. The van der Waals surface area contributed by atoms with Crippen molar-refractivity contribution in [3.05, 3.63) is 0 Å². The molecule has 0 radical (unpaired) electrons. The third-order valence-corrected chi connectivity index (χ3v) is 10.3. The number of fused-ring (bicyclic) bond motifs is 2. The molecule has 4 aliphatic carbocycles. The lowest BCUT2D eigenvalue weighted by molar-refractivity contribution is -0.148. The van der Waals surface area contributed by atoms with Gasteiger partial charge in [-0.3, -0.25) is 9.59 Å². The summed E-state index contributed by atoms with van der Waals surface area (Å²) in [6.45, 7) is 6.00. The Morgan fingerprint density at radius 1 is 0.533 bits per heavy atom. The van der Waals surface area contributed by atoms with Crippen LogP contribution in [0.2, 0.25) is 0 Å². The highest BCUT2D eigenvalue weighted by atomic mass is 16.2. The highest BCUT2D eigenvalue weighted by Crippen LogP contribution is 2.49. The van der Waals surface area contributed by atoms with Gasteiger partial charge < -0.3 is 9.80 Å². The number of carbonyl (C=O) groups is 2. The molecular weight excluding hydrogens is 372 g/mol. The van der Waals surface area contributed by atoms with Gasteiger partial charge in [0.2, 0.25) is 11.8 Å². The van der Waals surface area contributed by atoms with Gasteiger partial charge >= 0.3 is 0 Å². The van der Waals surface area contributed by atoms with Crippen LogP contribution in [-0.2, 0) is 9.59 Å². The molecule has 6 unspecified atom stereocenters. The Labute approximate surface area is 182 Å². The molecule has 8 fully saturated rings. The van der Waals surface area contributed by atoms with Crippen LogP contribution in [0.5, 0.6) is 0 Å². The molecule has 0 aromatic heterocycles. The molecule has 0 N–H and O–H groups in total. The molecule has 8 aliphatic rings. The fourth-order valence-electron chi connectivity index (χ4n) is 9.06. The monoisotopic (exact) mass is 412 g/mol. The van der Waals surface area contributed by atoms with Crippen LogP contribution in [0, 0.1) is 47.3 Å². The zero-order valence-electron chi connectivity index (χ0n) is 19.0. The minimum Gasteiger partial charge on any atom is -0.339 e. The van der Waals surface area contributed by atoms with Gasteiger partial charge in [-0.05, 0) is 99.7 Å². The maximum Gasteiger partial charge on any atom is 0.226 e. The van der Waals surface area contributed by atoms with E-state index in [1.165, 1.54) is 64.2 Å². The van der Waals surface area contributed by atoms with Gasteiger partial charge in [0.05, 0.1) is 0 Å². The molecule has 4 nitrogen and oxygen atoms in total. The first-order valence-corrected chi connectivity index (χ1v) is 13.1. The average Bonchev–Trinajstić information content (AvgIpc) is 3.04. The second-order valence-corrected chi connectivity index (χ2v) is 12.4. The van der Waals surface area contributed by atoms with Gasteiger partial charge in [-0.15, -0.1) is 0 Å². The third kappa shape index (κ3) is 3.23.